The van der Waals surface area contributed by atoms with Crippen molar-refractivity contribution >= 4 is 0 Å². The minimum atomic E-state index is -0.171. The zero-order chi connectivity index (χ0) is 8.20. The van der Waals surface area contributed by atoms with Crippen LogP contribution < -0.4 is 11.5 Å². The van der Waals surface area contributed by atoms with E-state index in [1.807, 2.05) is 13.8 Å². The molecule has 2 nitrogen and oxygen atoms in total. The Morgan fingerprint density at radius 1 is 1.50 bits per heavy atom. The van der Waals surface area contributed by atoms with E-state index in [1.165, 1.54) is 12.8 Å². The van der Waals surface area contributed by atoms with Gasteiger partial charge in [-0.05, 0) is 20.3 Å². The van der Waals surface area contributed by atoms with Gasteiger partial charge in [-0.25, -0.2) is 0 Å². The van der Waals surface area contributed by atoms with Gasteiger partial charge in [0.1, 0.15) is 0 Å². The molecule has 0 aromatic carbocycles. The normalized spacial score (nSPS) is 20.1. The van der Waals surface area contributed by atoms with Crippen molar-refractivity contribution < 1.29 is 0 Å². The van der Waals surface area contributed by atoms with Crippen LogP contribution in [-0.4, -0.2) is 11.6 Å². The van der Waals surface area contributed by atoms with Gasteiger partial charge in [-0.2, -0.15) is 0 Å². The Kier molecular flexibility index (Phi) is 3.91. The van der Waals surface area contributed by atoms with E-state index in [2.05, 4.69) is 6.92 Å². The maximum Gasteiger partial charge on any atom is 0.0276 e. The maximum atomic E-state index is 5.92. The minimum Gasteiger partial charge on any atom is -0.326 e. The third-order valence-corrected chi connectivity index (χ3v) is 2.11. The first-order valence-corrected chi connectivity index (χ1v) is 4.05. The van der Waals surface area contributed by atoms with Gasteiger partial charge in [0.15, 0.2) is 0 Å². The Morgan fingerprint density at radius 3 is 2.30 bits per heavy atom. The van der Waals surface area contributed by atoms with Crippen LogP contribution in [0.4, 0.5) is 0 Å². The van der Waals surface area contributed by atoms with E-state index in [0.29, 0.717) is 0 Å². The van der Waals surface area contributed by atoms with Crippen LogP contribution in [0.2, 0.25) is 0 Å². The summed E-state index contributed by atoms with van der Waals surface area (Å²) in [6.45, 7) is 6.15. The lowest BCUT2D eigenvalue weighted by Crippen LogP contribution is -2.51. The molecule has 0 amide bonds. The van der Waals surface area contributed by atoms with E-state index in [0.717, 1.165) is 6.42 Å². The summed E-state index contributed by atoms with van der Waals surface area (Å²) in [5, 5.41) is 0. The second-order valence-corrected chi connectivity index (χ2v) is 3.40. The summed E-state index contributed by atoms with van der Waals surface area (Å²) < 4.78 is 0. The fourth-order valence-electron chi connectivity index (χ4n) is 0.785. The largest absolute Gasteiger partial charge is 0.326 e. The van der Waals surface area contributed by atoms with Gasteiger partial charge in [0.25, 0.3) is 0 Å². The molecule has 62 valence electrons. The number of unbranched alkanes of at least 4 members (excludes halogenated alkanes) is 1. The summed E-state index contributed by atoms with van der Waals surface area (Å²) in [5.41, 5.74) is 11.4. The highest BCUT2D eigenvalue weighted by atomic mass is 14.8. The van der Waals surface area contributed by atoms with Gasteiger partial charge < -0.3 is 11.5 Å². The lowest BCUT2D eigenvalue weighted by molar-refractivity contribution is 0.356. The molecule has 0 fully saturated rings. The second kappa shape index (κ2) is 3.94. The fourth-order valence-corrected chi connectivity index (χ4v) is 0.785. The van der Waals surface area contributed by atoms with Crippen LogP contribution in [0.25, 0.3) is 0 Å². The molecule has 0 rings (SSSR count). The smallest absolute Gasteiger partial charge is 0.0276 e. The molecule has 2 unspecified atom stereocenters. The van der Waals surface area contributed by atoms with Gasteiger partial charge in [0.2, 0.25) is 0 Å². The number of hydrogen-bond donors (Lipinski definition) is 2. The minimum absolute atomic E-state index is 0.0963. The Morgan fingerprint density at radius 2 is 2.00 bits per heavy atom. The van der Waals surface area contributed by atoms with E-state index in [4.69, 9.17) is 11.5 Å². The zero-order valence-electron chi connectivity index (χ0n) is 7.35. The predicted molar refractivity (Wildman–Crippen MR) is 45.8 cm³/mol. The molecule has 0 aliphatic carbocycles. The SMILES string of the molecule is CCCCC(C)(N)C(C)N. The Labute approximate surface area is 64.0 Å². The van der Waals surface area contributed by atoms with Crippen molar-refractivity contribution in [3.05, 3.63) is 0 Å². The molecule has 2 heteroatoms. The number of hydrogen-bond acceptors (Lipinski definition) is 2. The molecular formula is C8H20N2. The van der Waals surface area contributed by atoms with Gasteiger partial charge in [-0.1, -0.05) is 19.8 Å². The van der Waals surface area contributed by atoms with Crippen molar-refractivity contribution in [3.63, 3.8) is 0 Å². The first-order chi connectivity index (χ1) is 4.50. The summed E-state index contributed by atoms with van der Waals surface area (Å²) in [7, 11) is 0. The van der Waals surface area contributed by atoms with Crippen LogP contribution in [0, 0.1) is 0 Å². The van der Waals surface area contributed by atoms with E-state index in [1.54, 1.807) is 0 Å². The van der Waals surface area contributed by atoms with E-state index in [9.17, 15) is 0 Å². The van der Waals surface area contributed by atoms with Crippen molar-refractivity contribution in [1.29, 1.82) is 0 Å². The van der Waals surface area contributed by atoms with Crippen LogP contribution >= 0.6 is 0 Å². The van der Waals surface area contributed by atoms with Crippen LogP contribution in [0.5, 0.6) is 0 Å². The lowest BCUT2D eigenvalue weighted by Gasteiger charge is -2.28. The Balaban J connectivity index is 3.63. The number of nitrogens with two attached hydrogens (primary N) is 2. The summed E-state index contributed by atoms with van der Waals surface area (Å²) >= 11 is 0. The number of rotatable bonds is 4. The topological polar surface area (TPSA) is 52.0 Å². The van der Waals surface area contributed by atoms with Crippen molar-refractivity contribution in [2.45, 2.75) is 51.6 Å². The average Bonchev–Trinajstić information content (AvgIpc) is 1.84. The first kappa shape index (κ1) is 9.92. The van der Waals surface area contributed by atoms with Gasteiger partial charge in [-0.15, -0.1) is 0 Å². The average molecular weight is 144 g/mol. The molecule has 0 radical (unpaired) electrons. The van der Waals surface area contributed by atoms with Crippen LogP contribution in [0.3, 0.4) is 0 Å². The summed E-state index contributed by atoms with van der Waals surface area (Å²) in [5.74, 6) is 0. The van der Waals surface area contributed by atoms with Crippen molar-refractivity contribution in [2.24, 2.45) is 11.5 Å². The Bertz CT molecular complexity index is 87.3. The molecule has 0 aliphatic heterocycles. The molecular weight excluding hydrogens is 124 g/mol. The third-order valence-electron chi connectivity index (χ3n) is 2.11. The standard InChI is InChI=1S/C8H20N2/c1-4-5-6-8(3,10)7(2)9/h7H,4-6,9-10H2,1-3H3. The van der Waals surface area contributed by atoms with Gasteiger partial charge in [0.05, 0.1) is 0 Å². The molecule has 0 aromatic rings. The maximum absolute atomic E-state index is 5.92. The van der Waals surface area contributed by atoms with Crippen molar-refractivity contribution in [3.8, 4) is 0 Å². The predicted octanol–water partition coefficient (Wildman–Crippen LogP) is 1.24. The molecule has 0 aromatic heterocycles. The van der Waals surface area contributed by atoms with E-state index < -0.39 is 0 Å². The molecule has 0 saturated heterocycles. The fraction of sp³-hybridized carbons (Fsp3) is 1.00. The van der Waals surface area contributed by atoms with Gasteiger partial charge >= 0.3 is 0 Å². The molecule has 0 spiro atoms. The molecule has 10 heavy (non-hydrogen) atoms. The lowest BCUT2D eigenvalue weighted by atomic mass is 9.90. The van der Waals surface area contributed by atoms with Crippen LogP contribution in [0.1, 0.15) is 40.0 Å². The van der Waals surface area contributed by atoms with Crippen LogP contribution in [0.15, 0.2) is 0 Å². The van der Waals surface area contributed by atoms with Gasteiger partial charge in [0, 0.05) is 11.6 Å². The Hall–Kier alpha value is -0.0800. The van der Waals surface area contributed by atoms with Gasteiger partial charge in [-0.3, -0.25) is 0 Å². The summed E-state index contributed by atoms with van der Waals surface area (Å²) in [6.07, 6.45) is 3.40. The van der Waals surface area contributed by atoms with E-state index >= 15 is 0 Å². The molecule has 0 saturated carbocycles. The quantitative estimate of drug-likeness (QED) is 0.623. The van der Waals surface area contributed by atoms with Crippen LogP contribution in [-0.2, 0) is 0 Å². The molecule has 0 heterocycles. The molecule has 2 atom stereocenters. The highest BCUT2D eigenvalue weighted by Gasteiger charge is 2.21. The second-order valence-electron chi connectivity index (χ2n) is 3.40. The van der Waals surface area contributed by atoms with E-state index in [-0.39, 0.29) is 11.6 Å². The summed E-state index contributed by atoms with van der Waals surface area (Å²) in [6, 6.07) is 0.0963. The monoisotopic (exact) mass is 144 g/mol. The first-order valence-electron chi connectivity index (χ1n) is 4.05. The highest BCUT2D eigenvalue weighted by Crippen LogP contribution is 2.12. The molecule has 0 aliphatic rings. The third kappa shape index (κ3) is 3.18. The zero-order valence-corrected chi connectivity index (χ0v) is 7.35. The molecule has 0 bridgehead atoms. The summed E-state index contributed by atoms with van der Waals surface area (Å²) in [4.78, 5) is 0. The van der Waals surface area contributed by atoms with Crippen molar-refractivity contribution in [2.75, 3.05) is 0 Å². The van der Waals surface area contributed by atoms with Crippen molar-refractivity contribution in [1.82, 2.24) is 0 Å². The highest BCUT2D eigenvalue weighted by molar-refractivity contribution is 4.86. The molecule has 4 N–H and O–H groups in total.